The molecule has 0 aromatic heterocycles. The van der Waals surface area contributed by atoms with Crippen molar-refractivity contribution < 1.29 is 9.47 Å². The fourth-order valence-electron chi connectivity index (χ4n) is 1.60. The monoisotopic (exact) mass is 378 g/mol. The van der Waals surface area contributed by atoms with E-state index in [0.717, 1.165) is 17.1 Å². The van der Waals surface area contributed by atoms with E-state index in [0.29, 0.717) is 0 Å². The molecule has 0 N–H and O–H groups in total. The van der Waals surface area contributed by atoms with Gasteiger partial charge < -0.3 is 0 Å². The fraction of sp³-hybridized carbons (Fsp3) is 0.500. The van der Waals surface area contributed by atoms with Crippen molar-refractivity contribution in [1.82, 2.24) is 0 Å². The summed E-state index contributed by atoms with van der Waals surface area (Å²) in [6.07, 6.45) is 4.98. The molecule has 0 saturated carbocycles. The SMILES string of the molecule is CCCC[Te]/C=C\c1cccc(OC)c1OC(C)C. The average Bonchev–Trinajstić information content (AvgIpc) is 2.39. The zero-order valence-corrected chi connectivity index (χ0v) is 14.6. The second kappa shape index (κ2) is 9.28. The topological polar surface area (TPSA) is 18.5 Å². The van der Waals surface area contributed by atoms with Crippen molar-refractivity contribution in [1.29, 1.82) is 0 Å². The standard InChI is InChI=1S/C16H24O2Te/c1-5-6-11-19-12-10-14-8-7-9-15(17-4)16(14)18-13(2)3/h7-10,12-13H,5-6,11H2,1-4H3/b12-10-. The van der Waals surface area contributed by atoms with Gasteiger partial charge in [-0.2, -0.15) is 0 Å². The second-order valence-corrected chi connectivity index (χ2v) is 7.47. The van der Waals surface area contributed by atoms with E-state index >= 15 is 0 Å². The Morgan fingerprint density at radius 1 is 1.32 bits per heavy atom. The van der Waals surface area contributed by atoms with Crippen LogP contribution in [0.4, 0.5) is 0 Å². The van der Waals surface area contributed by atoms with Crippen LogP contribution in [-0.2, 0) is 0 Å². The third-order valence-electron chi connectivity index (χ3n) is 2.54. The first-order valence-corrected chi connectivity index (χ1v) is 9.80. The molecule has 0 heterocycles. The van der Waals surface area contributed by atoms with Crippen molar-refractivity contribution in [3.8, 4) is 11.5 Å². The van der Waals surface area contributed by atoms with Crippen LogP contribution in [-0.4, -0.2) is 34.1 Å². The van der Waals surface area contributed by atoms with Gasteiger partial charge in [0.05, 0.1) is 0 Å². The van der Waals surface area contributed by atoms with E-state index in [1.165, 1.54) is 17.3 Å². The third kappa shape index (κ3) is 5.89. The molecule has 0 fully saturated rings. The van der Waals surface area contributed by atoms with Crippen LogP contribution in [0.5, 0.6) is 11.5 Å². The quantitative estimate of drug-likeness (QED) is 0.496. The van der Waals surface area contributed by atoms with Gasteiger partial charge in [0, 0.05) is 0 Å². The Kier molecular flexibility index (Phi) is 8.02. The van der Waals surface area contributed by atoms with Crippen molar-refractivity contribution in [2.45, 2.75) is 44.2 Å². The summed E-state index contributed by atoms with van der Waals surface area (Å²) in [7, 11) is 1.69. The molecule has 0 bridgehead atoms. The predicted octanol–water partition coefficient (Wildman–Crippen LogP) is 4.38. The summed E-state index contributed by atoms with van der Waals surface area (Å²) in [4.78, 5) is 0. The Bertz CT molecular complexity index is 400. The Hall–Kier alpha value is -0.650. The first-order chi connectivity index (χ1) is 9.19. The number of rotatable bonds is 8. The molecular weight excluding hydrogens is 352 g/mol. The summed E-state index contributed by atoms with van der Waals surface area (Å²) >= 11 is -0.00527. The van der Waals surface area contributed by atoms with Gasteiger partial charge in [-0.1, -0.05) is 0 Å². The van der Waals surface area contributed by atoms with Crippen LogP contribution in [0.1, 0.15) is 39.2 Å². The van der Waals surface area contributed by atoms with Crippen molar-refractivity contribution in [3.05, 3.63) is 27.9 Å². The maximum atomic E-state index is 5.88. The van der Waals surface area contributed by atoms with Gasteiger partial charge in [-0.25, -0.2) is 0 Å². The van der Waals surface area contributed by atoms with Crippen LogP contribution in [0.25, 0.3) is 6.08 Å². The number of benzene rings is 1. The third-order valence-corrected chi connectivity index (χ3v) is 4.98. The molecular formula is C16H24O2Te. The van der Waals surface area contributed by atoms with Crippen molar-refractivity contribution in [3.63, 3.8) is 0 Å². The summed E-state index contributed by atoms with van der Waals surface area (Å²) in [5, 5.41) is 0. The molecule has 1 aromatic rings. The Morgan fingerprint density at radius 3 is 2.74 bits per heavy atom. The molecule has 0 atom stereocenters. The van der Waals surface area contributed by atoms with Crippen molar-refractivity contribution in [2.24, 2.45) is 0 Å². The summed E-state index contributed by atoms with van der Waals surface area (Å²) in [6.45, 7) is 6.32. The Labute approximate surface area is 127 Å². The van der Waals surface area contributed by atoms with E-state index in [4.69, 9.17) is 9.47 Å². The summed E-state index contributed by atoms with van der Waals surface area (Å²) < 4.78 is 15.0. The first kappa shape index (κ1) is 16.4. The van der Waals surface area contributed by atoms with Gasteiger partial charge in [0.15, 0.2) is 0 Å². The molecule has 0 amide bonds. The van der Waals surface area contributed by atoms with Gasteiger partial charge in [-0.05, 0) is 0 Å². The number of hydrogen-bond donors (Lipinski definition) is 0. The molecule has 0 saturated heterocycles. The zero-order chi connectivity index (χ0) is 14.1. The van der Waals surface area contributed by atoms with Crippen LogP contribution in [0, 0.1) is 0 Å². The van der Waals surface area contributed by atoms with E-state index in [1.54, 1.807) is 7.11 Å². The Morgan fingerprint density at radius 2 is 2.11 bits per heavy atom. The molecule has 0 aliphatic carbocycles. The van der Waals surface area contributed by atoms with Crippen LogP contribution in [0.2, 0.25) is 4.47 Å². The van der Waals surface area contributed by atoms with Gasteiger partial charge in [0.2, 0.25) is 0 Å². The molecule has 2 nitrogen and oxygen atoms in total. The minimum absolute atomic E-state index is 0.00527. The number of ether oxygens (including phenoxy) is 2. The molecule has 106 valence electrons. The number of para-hydroxylation sites is 1. The van der Waals surface area contributed by atoms with Gasteiger partial charge >= 0.3 is 127 Å². The minimum atomic E-state index is -0.00527. The van der Waals surface area contributed by atoms with E-state index in [-0.39, 0.29) is 27.0 Å². The normalized spacial score (nSPS) is 11.2. The molecule has 0 radical (unpaired) electrons. The van der Waals surface area contributed by atoms with E-state index < -0.39 is 0 Å². The average molecular weight is 376 g/mol. The van der Waals surface area contributed by atoms with E-state index in [1.807, 2.05) is 26.0 Å². The summed E-state index contributed by atoms with van der Waals surface area (Å²) in [5.41, 5.74) is 1.12. The maximum absolute atomic E-state index is 5.88. The second-order valence-electron chi connectivity index (χ2n) is 4.57. The molecule has 19 heavy (non-hydrogen) atoms. The van der Waals surface area contributed by atoms with E-state index in [2.05, 4.69) is 23.2 Å². The zero-order valence-electron chi connectivity index (χ0n) is 12.3. The van der Waals surface area contributed by atoms with E-state index in [9.17, 15) is 0 Å². The molecule has 0 spiro atoms. The van der Waals surface area contributed by atoms with Crippen LogP contribution < -0.4 is 9.47 Å². The van der Waals surface area contributed by atoms with Crippen LogP contribution in [0.3, 0.4) is 0 Å². The van der Waals surface area contributed by atoms with Gasteiger partial charge in [0.25, 0.3) is 0 Å². The molecule has 3 heteroatoms. The molecule has 0 unspecified atom stereocenters. The fourth-order valence-corrected chi connectivity index (χ4v) is 3.98. The molecule has 0 aliphatic heterocycles. The van der Waals surface area contributed by atoms with Crippen LogP contribution in [0.15, 0.2) is 22.3 Å². The first-order valence-electron chi connectivity index (χ1n) is 6.80. The van der Waals surface area contributed by atoms with Gasteiger partial charge in [-0.15, -0.1) is 0 Å². The summed E-state index contributed by atoms with van der Waals surface area (Å²) in [6, 6.07) is 6.05. The Balaban J connectivity index is 2.80. The predicted molar refractivity (Wildman–Crippen MR) is 83.3 cm³/mol. The molecule has 0 aliphatic rings. The van der Waals surface area contributed by atoms with Crippen LogP contribution >= 0.6 is 0 Å². The van der Waals surface area contributed by atoms with Crippen molar-refractivity contribution in [2.75, 3.05) is 7.11 Å². The summed E-state index contributed by atoms with van der Waals surface area (Å²) in [5.74, 6) is 1.67. The number of methoxy groups -OCH3 is 1. The molecule has 1 rings (SSSR count). The number of hydrogen-bond acceptors (Lipinski definition) is 2. The molecule has 1 aromatic carbocycles. The van der Waals surface area contributed by atoms with Crippen molar-refractivity contribution >= 4 is 27.0 Å². The van der Waals surface area contributed by atoms with Gasteiger partial charge in [0.1, 0.15) is 0 Å². The number of unbranched alkanes of at least 4 members (excludes halogenated alkanes) is 1. The van der Waals surface area contributed by atoms with Gasteiger partial charge in [-0.3, -0.25) is 0 Å².